The van der Waals surface area contributed by atoms with Crippen molar-refractivity contribution >= 4 is 21.6 Å². The third-order valence-electron chi connectivity index (χ3n) is 1.60. The van der Waals surface area contributed by atoms with Crippen molar-refractivity contribution in [3.63, 3.8) is 0 Å². The highest BCUT2D eigenvalue weighted by molar-refractivity contribution is 9.10. The molecule has 0 unspecified atom stereocenters. The molecule has 0 spiro atoms. The second kappa shape index (κ2) is 4.43. The number of nitrogens with zero attached hydrogens (tertiary/aromatic N) is 1. The minimum Gasteiger partial charge on any atom is -0.474 e. The third kappa shape index (κ3) is 2.32. The Hall–Kier alpha value is -0.810. The molecule has 4 nitrogen and oxygen atoms in total. The van der Waals surface area contributed by atoms with Gasteiger partial charge >= 0.3 is 0 Å². The Morgan fingerprint density at radius 1 is 1.69 bits per heavy atom. The maximum Gasteiger partial charge on any atom is 0.228 e. The van der Waals surface area contributed by atoms with Crippen molar-refractivity contribution in [2.24, 2.45) is 0 Å². The quantitative estimate of drug-likeness (QED) is 0.839. The van der Waals surface area contributed by atoms with Gasteiger partial charge in [0.15, 0.2) is 0 Å². The van der Waals surface area contributed by atoms with Crippen LogP contribution in [0.1, 0.15) is 5.56 Å². The van der Waals surface area contributed by atoms with Gasteiger partial charge in [0.05, 0.1) is 23.0 Å². The Kier molecular flexibility index (Phi) is 3.50. The van der Waals surface area contributed by atoms with Crippen molar-refractivity contribution in [2.45, 2.75) is 6.92 Å². The minimum atomic E-state index is -0.0302. The second-order valence-electron chi connectivity index (χ2n) is 2.53. The van der Waals surface area contributed by atoms with E-state index >= 15 is 0 Å². The molecule has 72 valence electrons. The first kappa shape index (κ1) is 10.3. The van der Waals surface area contributed by atoms with E-state index in [2.05, 4.69) is 20.9 Å². The van der Waals surface area contributed by atoms with Crippen molar-refractivity contribution in [1.29, 1.82) is 0 Å². The Balaban J connectivity index is 2.90. The van der Waals surface area contributed by atoms with Crippen LogP contribution >= 0.6 is 15.9 Å². The first-order valence-electron chi connectivity index (χ1n) is 3.81. The van der Waals surface area contributed by atoms with Gasteiger partial charge in [0.1, 0.15) is 6.61 Å². The number of rotatable bonds is 3. The molecule has 1 aromatic rings. The summed E-state index contributed by atoms with van der Waals surface area (Å²) in [6.45, 7) is 2.07. The summed E-state index contributed by atoms with van der Waals surface area (Å²) < 4.78 is 5.90. The van der Waals surface area contributed by atoms with E-state index in [9.17, 15) is 0 Å². The Bertz CT molecular complexity index is 304. The summed E-state index contributed by atoms with van der Waals surface area (Å²) in [4.78, 5) is 3.97. The number of nitrogen functional groups attached to an aromatic ring is 1. The van der Waals surface area contributed by atoms with Gasteiger partial charge in [-0.05, 0) is 28.4 Å². The first-order valence-corrected chi connectivity index (χ1v) is 4.60. The van der Waals surface area contributed by atoms with E-state index in [4.69, 9.17) is 15.6 Å². The minimum absolute atomic E-state index is 0.0302. The summed E-state index contributed by atoms with van der Waals surface area (Å²) >= 11 is 3.31. The van der Waals surface area contributed by atoms with Crippen LogP contribution in [0, 0.1) is 6.92 Å². The number of aromatic nitrogens is 1. The highest BCUT2D eigenvalue weighted by Gasteiger charge is 2.07. The van der Waals surface area contributed by atoms with Crippen LogP contribution in [-0.2, 0) is 0 Å². The topological polar surface area (TPSA) is 68.4 Å². The number of nitrogens with two attached hydrogens (primary N) is 1. The van der Waals surface area contributed by atoms with Crippen LogP contribution in [0.4, 0.5) is 5.69 Å². The molecule has 1 aromatic heterocycles. The number of hydrogen-bond donors (Lipinski definition) is 2. The molecular weight excluding hydrogens is 236 g/mol. The van der Waals surface area contributed by atoms with Crippen molar-refractivity contribution in [2.75, 3.05) is 18.9 Å². The fourth-order valence-corrected chi connectivity index (χ4v) is 1.26. The molecule has 0 fully saturated rings. The predicted octanol–water partition coefficient (Wildman–Crippen LogP) is 1.11. The second-order valence-corrected chi connectivity index (χ2v) is 3.32. The smallest absolute Gasteiger partial charge is 0.228 e. The van der Waals surface area contributed by atoms with Crippen LogP contribution in [0.2, 0.25) is 0 Å². The van der Waals surface area contributed by atoms with E-state index in [1.54, 1.807) is 0 Å². The first-order chi connectivity index (χ1) is 6.16. The maximum atomic E-state index is 8.55. The zero-order valence-corrected chi connectivity index (χ0v) is 8.84. The monoisotopic (exact) mass is 246 g/mol. The molecule has 3 N–H and O–H groups in total. The van der Waals surface area contributed by atoms with Gasteiger partial charge in [-0.25, -0.2) is 4.98 Å². The van der Waals surface area contributed by atoms with Gasteiger partial charge in [-0.1, -0.05) is 0 Å². The molecule has 0 radical (unpaired) electrons. The largest absolute Gasteiger partial charge is 0.474 e. The van der Waals surface area contributed by atoms with Gasteiger partial charge < -0.3 is 15.6 Å². The molecule has 13 heavy (non-hydrogen) atoms. The number of pyridine rings is 1. The summed E-state index contributed by atoms with van der Waals surface area (Å²) in [5.74, 6) is 0.459. The number of aliphatic hydroxyl groups excluding tert-OH is 1. The van der Waals surface area contributed by atoms with E-state index in [0.717, 1.165) is 10.0 Å². The normalized spacial score (nSPS) is 10.1. The summed E-state index contributed by atoms with van der Waals surface area (Å²) in [7, 11) is 0. The molecule has 0 aliphatic carbocycles. The fourth-order valence-electron chi connectivity index (χ4n) is 0.812. The summed E-state index contributed by atoms with van der Waals surface area (Å²) in [6.07, 6.45) is 1.53. The zero-order valence-electron chi connectivity index (χ0n) is 7.25. The van der Waals surface area contributed by atoms with Gasteiger partial charge in [-0.15, -0.1) is 0 Å². The lowest BCUT2D eigenvalue weighted by atomic mass is 10.2. The number of aliphatic hydroxyl groups is 1. The molecule has 1 heterocycles. The van der Waals surface area contributed by atoms with E-state index in [1.807, 2.05) is 6.92 Å². The van der Waals surface area contributed by atoms with E-state index in [0.29, 0.717) is 11.6 Å². The average molecular weight is 247 g/mol. The van der Waals surface area contributed by atoms with Gasteiger partial charge in [-0.2, -0.15) is 0 Å². The van der Waals surface area contributed by atoms with Crippen molar-refractivity contribution < 1.29 is 9.84 Å². The summed E-state index contributed by atoms with van der Waals surface area (Å²) in [5, 5.41) is 8.55. The van der Waals surface area contributed by atoms with Crippen LogP contribution in [-0.4, -0.2) is 23.3 Å². The fraction of sp³-hybridized carbons (Fsp3) is 0.375. The molecule has 1 rings (SSSR count). The SMILES string of the molecule is Cc1c(N)cnc(OCCO)c1Br. The summed E-state index contributed by atoms with van der Waals surface area (Å²) in [5.41, 5.74) is 7.13. The Morgan fingerprint density at radius 3 is 3.00 bits per heavy atom. The van der Waals surface area contributed by atoms with E-state index < -0.39 is 0 Å². The van der Waals surface area contributed by atoms with Crippen LogP contribution in [0.3, 0.4) is 0 Å². The van der Waals surface area contributed by atoms with E-state index in [-0.39, 0.29) is 13.2 Å². The number of ether oxygens (including phenoxy) is 1. The zero-order chi connectivity index (χ0) is 9.84. The lowest BCUT2D eigenvalue weighted by molar-refractivity contribution is 0.196. The third-order valence-corrected chi connectivity index (χ3v) is 2.53. The number of halogens is 1. The van der Waals surface area contributed by atoms with Crippen LogP contribution in [0.5, 0.6) is 5.88 Å². The maximum absolute atomic E-state index is 8.55. The number of anilines is 1. The highest BCUT2D eigenvalue weighted by Crippen LogP contribution is 2.29. The molecule has 0 bridgehead atoms. The van der Waals surface area contributed by atoms with Crippen LogP contribution in [0.15, 0.2) is 10.7 Å². The van der Waals surface area contributed by atoms with Crippen LogP contribution in [0.25, 0.3) is 0 Å². The van der Waals surface area contributed by atoms with Gasteiger partial charge in [0.25, 0.3) is 0 Å². The molecule has 0 amide bonds. The number of hydrogen-bond acceptors (Lipinski definition) is 4. The molecule has 0 aromatic carbocycles. The molecule has 5 heteroatoms. The van der Waals surface area contributed by atoms with Crippen molar-refractivity contribution in [1.82, 2.24) is 4.98 Å². The Morgan fingerprint density at radius 2 is 2.38 bits per heavy atom. The van der Waals surface area contributed by atoms with Gasteiger partial charge in [0, 0.05) is 0 Å². The molecule has 0 atom stereocenters. The van der Waals surface area contributed by atoms with Crippen LogP contribution < -0.4 is 10.5 Å². The van der Waals surface area contributed by atoms with Gasteiger partial charge in [-0.3, -0.25) is 0 Å². The van der Waals surface area contributed by atoms with Crippen molar-refractivity contribution in [3.05, 3.63) is 16.2 Å². The highest BCUT2D eigenvalue weighted by atomic mass is 79.9. The van der Waals surface area contributed by atoms with Crippen molar-refractivity contribution in [3.8, 4) is 5.88 Å². The lowest BCUT2D eigenvalue weighted by Crippen LogP contribution is -2.05. The predicted molar refractivity (Wildman–Crippen MR) is 53.7 cm³/mol. The van der Waals surface area contributed by atoms with Gasteiger partial charge in [0.2, 0.25) is 5.88 Å². The average Bonchev–Trinajstić information content (AvgIpc) is 2.13. The molecule has 0 aliphatic rings. The van der Waals surface area contributed by atoms with E-state index in [1.165, 1.54) is 6.20 Å². The summed E-state index contributed by atoms with van der Waals surface area (Å²) in [6, 6.07) is 0. The molecule has 0 saturated carbocycles. The molecular formula is C8H11BrN2O2. The lowest BCUT2D eigenvalue weighted by Gasteiger charge is -2.08. The molecule has 0 saturated heterocycles. The standard InChI is InChI=1S/C8H11BrN2O2/c1-5-6(10)4-11-8(7(5)9)13-3-2-12/h4,12H,2-3,10H2,1H3. The molecule has 0 aliphatic heterocycles. The Labute approximate surface area is 84.9 Å².